The average molecular weight is 808 g/mol. The van der Waals surface area contributed by atoms with Crippen LogP contribution in [0.25, 0.3) is 0 Å². The molecule has 0 bridgehead atoms. The molecule has 7 N–H and O–H groups in total. The second kappa shape index (κ2) is 23.5. The Bertz CT molecular complexity index is 1500. The standard InChI is InChI=1S/C40H66N5O10P/c1-3-4-5-6-7-8-9-10-11-12-13-14-15-16-17-20-25-52-26-30(44-32-22-19-18-21-31(32)39(48)49)27-53-56(50,51)54-28-34-36(46)37(47)40(2,55-34)35-24-23-33-38(41)42-29-43-45(33)35/h18-19,21-23,29-30,34-37,44,46-47H,3-17,20,24-28H2,1-2H3,(H,48,49)(H,50,51)(H2,41,42,43)/t30-,34-,35?,36-,37-,40+/m1/s1. The minimum absolute atomic E-state index is 0.0301. The molecule has 1 fully saturated rings. The van der Waals surface area contributed by atoms with E-state index in [9.17, 15) is 29.6 Å². The molecular formula is C40H66N5O10P. The van der Waals surface area contributed by atoms with E-state index in [2.05, 4.69) is 22.3 Å². The van der Waals surface area contributed by atoms with Gasteiger partial charge in [-0.05, 0) is 31.9 Å². The van der Waals surface area contributed by atoms with E-state index in [0.717, 1.165) is 19.3 Å². The topological polar surface area (TPSA) is 218 Å². The van der Waals surface area contributed by atoms with Gasteiger partial charge in [-0.3, -0.25) is 14.1 Å². The van der Waals surface area contributed by atoms with Crippen LogP contribution in [0, 0.1) is 0 Å². The van der Waals surface area contributed by atoms with Gasteiger partial charge in [-0.25, -0.2) is 14.4 Å². The first-order valence-electron chi connectivity index (χ1n) is 20.6. The van der Waals surface area contributed by atoms with Gasteiger partial charge >= 0.3 is 13.8 Å². The summed E-state index contributed by atoms with van der Waals surface area (Å²) in [6.45, 7) is 3.51. The molecule has 3 aliphatic heterocycles. The number of benzene rings is 1. The fourth-order valence-corrected chi connectivity index (χ4v) is 8.34. The Balaban J connectivity index is 1.17. The predicted molar refractivity (Wildman–Crippen MR) is 217 cm³/mol. The number of nitrogens with zero attached hydrogens (tertiary/aromatic N) is 3. The van der Waals surface area contributed by atoms with Crippen LogP contribution in [-0.2, 0) is 23.1 Å². The van der Waals surface area contributed by atoms with Crippen molar-refractivity contribution >= 4 is 31.7 Å². The number of nitrogens with one attached hydrogen (secondary N) is 1. The number of aromatic carboxylic acids is 1. The minimum atomic E-state index is -4.72. The number of nitrogens with two attached hydrogens (primary N) is 1. The summed E-state index contributed by atoms with van der Waals surface area (Å²) in [5, 5.41) is 40.5. The Morgan fingerprint density at radius 3 is 2.21 bits per heavy atom. The van der Waals surface area contributed by atoms with Crippen molar-refractivity contribution in [3.63, 3.8) is 0 Å². The maximum atomic E-state index is 13.1. The number of carboxylic acids is 1. The largest absolute Gasteiger partial charge is 0.478 e. The number of aliphatic hydroxyl groups excluding tert-OH is 2. The Morgan fingerprint density at radius 2 is 1.59 bits per heavy atom. The molecule has 0 radical (unpaired) electrons. The van der Waals surface area contributed by atoms with Crippen LogP contribution in [0.4, 0.5) is 5.69 Å². The van der Waals surface area contributed by atoms with E-state index >= 15 is 0 Å². The molecule has 1 saturated heterocycles. The molecule has 1 aromatic rings. The van der Waals surface area contributed by atoms with E-state index in [1.54, 1.807) is 30.1 Å². The van der Waals surface area contributed by atoms with E-state index in [1.165, 1.54) is 95.9 Å². The zero-order chi connectivity index (χ0) is 40.4. The van der Waals surface area contributed by atoms with E-state index in [1.807, 2.05) is 6.08 Å². The number of hydrazone groups is 1. The fraction of sp³-hybridized carbons (Fsp3) is 0.725. The molecule has 0 aromatic heterocycles. The van der Waals surface area contributed by atoms with Crippen molar-refractivity contribution in [2.45, 2.75) is 159 Å². The molecule has 2 unspecified atom stereocenters. The number of ether oxygens (including phenoxy) is 2. The second-order valence-corrected chi connectivity index (χ2v) is 16.8. The summed E-state index contributed by atoms with van der Waals surface area (Å²) in [6.07, 6.45) is 19.8. The van der Waals surface area contributed by atoms with Gasteiger partial charge in [0.05, 0.1) is 43.2 Å². The first kappa shape index (κ1) is 45.8. The first-order valence-corrected chi connectivity index (χ1v) is 22.1. The molecule has 56 heavy (non-hydrogen) atoms. The molecule has 4 rings (SSSR count). The molecular weight excluding hydrogens is 741 g/mol. The highest BCUT2D eigenvalue weighted by molar-refractivity contribution is 7.47. The van der Waals surface area contributed by atoms with Crippen molar-refractivity contribution in [1.29, 1.82) is 0 Å². The number of anilines is 1. The highest BCUT2D eigenvalue weighted by Crippen LogP contribution is 2.46. The summed E-state index contributed by atoms with van der Waals surface area (Å²) < 4.78 is 35.7. The summed E-state index contributed by atoms with van der Waals surface area (Å²) in [4.78, 5) is 26.5. The number of carbonyl (C=O) groups is 1. The van der Waals surface area contributed by atoms with Gasteiger partial charge in [0, 0.05) is 12.3 Å². The van der Waals surface area contributed by atoms with Crippen LogP contribution in [-0.4, -0.2) is 106 Å². The van der Waals surface area contributed by atoms with Crippen molar-refractivity contribution in [2.75, 3.05) is 31.7 Å². The molecule has 3 heterocycles. The highest BCUT2D eigenvalue weighted by atomic mass is 31.2. The molecule has 16 heteroatoms. The molecule has 1 aromatic carbocycles. The molecule has 316 valence electrons. The summed E-state index contributed by atoms with van der Waals surface area (Å²) in [7, 11) is -4.72. The summed E-state index contributed by atoms with van der Waals surface area (Å²) in [5.41, 5.74) is 5.55. The Kier molecular flexibility index (Phi) is 19.2. The molecule has 0 saturated carbocycles. The van der Waals surface area contributed by atoms with E-state index in [4.69, 9.17) is 24.3 Å². The van der Waals surface area contributed by atoms with Gasteiger partial charge in [0.25, 0.3) is 0 Å². The first-order chi connectivity index (χ1) is 27.0. The lowest BCUT2D eigenvalue weighted by atomic mass is 9.87. The number of hydrogen-bond acceptors (Lipinski definition) is 13. The molecule has 3 aliphatic rings. The third-order valence-electron chi connectivity index (χ3n) is 10.9. The van der Waals surface area contributed by atoms with Gasteiger partial charge < -0.3 is 40.7 Å². The Morgan fingerprint density at radius 1 is 0.982 bits per heavy atom. The number of amidine groups is 1. The lowest BCUT2D eigenvalue weighted by Crippen LogP contribution is -2.55. The number of unbranched alkanes of at least 4 members (excludes halogenated alkanes) is 15. The van der Waals surface area contributed by atoms with Crippen LogP contribution in [0.3, 0.4) is 0 Å². The quantitative estimate of drug-likeness (QED) is 0.0366. The number of carboxylic acid groups (broad SMARTS) is 1. The third-order valence-corrected chi connectivity index (χ3v) is 11.8. The molecule has 15 nitrogen and oxygen atoms in total. The number of phosphoric acid groups is 1. The maximum absolute atomic E-state index is 13.1. The number of aliphatic imine (C=N–C) groups is 1. The number of aliphatic hydroxyl groups is 2. The van der Waals surface area contributed by atoms with Crippen LogP contribution < -0.4 is 11.1 Å². The van der Waals surface area contributed by atoms with Gasteiger partial charge in [-0.15, -0.1) is 0 Å². The third kappa shape index (κ3) is 13.9. The molecule has 0 aliphatic carbocycles. The van der Waals surface area contributed by atoms with Gasteiger partial charge in [-0.2, -0.15) is 5.10 Å². The van der Waals surface area contributed by atoms with Gasteiger partial charge in [-0.1, -0.05) is 121 Å². The summed E-state index contributed by atoms with van der Waals surface area (Å²) >= 11 is 0. The molecule has 7 atom stereocenters. The van der Waals surface area contributed by atoms with E-state index in [0.29, 0.717) is 24.4 Å². The molecule has 0 amide bonds. The average Bonchev–Trinajstić information content (AvgIpc) is 3.72. The Labute approximate surface area is 332 Å². The smallest absolute Gasteiger partial charge is 0.472 e. The van der Waals surface area contributed by atoms with Gasteiger partial charge in [0.15, 0.2) is 5.84 Å². The summed E-state index contributed by atoms with van der Waals surface area (Å²) in [6, 6.07) is 5.11. The van der Waals surface area contributed by atoms with Crippen LogP contribution in [0.5, 0.6) is 0 Å². The minimum Gasteiger partial charge on any atom is -0.478 e. The number of fused-ring (bicyclic) bond motifs is 1. The van der Waals surface area contributed by atoms with Crippen molar-refractivity contribution in [3.8, 4) is 0 Å². The summed E-state index contributed by atoms with van der Waals surface area (Å²) in [5.74, 6) is -0.863. The number of para-hydroxylation sites is 1. The number of phosphoric ester groups is 1. The van der Waals surface area contributed by atoms with Crippen molar-refractivity contribution < 1.29 is 48.1 Å². The van der Waals surface area contributed by atoms with Crippen molar-refractivity contribution in [1.82, 2.24) is 5.01 Å². The number of hydrogen-bond donors (Lipinski definition) is 6. The van der Waals surface area contributed by atoms with Crippen LogP contribution >= 0.6 is 7.82 Å². The normalized spacial score (nSPS) is 24.8. The predicted octanol–water partition coefficient (Wildman–Crippen LogP) is 6.73. The van der Waals surface area contributed by atoms with Crippen LogP contribution in [0.2, 0.25) is 0 Å². The van der Waals surface area contributed by atoms with E-state index < -0.39 is 56.4 Å². The highest BCUT2D eigenvalue weighted by Gasteiger charge is 2.58. The lowest BCUT2D eigenvalue weighted by Gasteiger charge is -2.39. The second-order valence-electron chi connectivity index (χ2n) is 15.3. The maximum Gasteiger partial charge on any atom is 0.472 e. The van der Waals surface area contributed by atoms with Crippen molar-refractivity contribution in [2.24, 2.45) is 15.8 Å². The SMILES string of the molecule is CCCCCCCCCCCCCCCCCCOC[C@H](COP(=O)(O)OC[C@H]1O[C@@](C)(C2CC=C3C(N)=NC=NN32)[C@H](O)[C@@H]1O)Nc1ccccc1C(=O)O. The van der Waals surface area contributed by atoms with Crippen molar-refractivity contribution in [3.05, 3.63) is 41.6 Å². The van der Waals surface area contributed by atoms with E-state index in [-0.39, 0.29) is 24.6 Å². The molecule has 0 spiro atoms. The monoisotopic (exact) mass is 807 g/mol. The van der Waals surface area contributed by atoms with Gasteiger partial charge in [0.1, 0.15) is 30.3 Å². The van der Waals surface area contributed by atoms with Crippen LogP contribution in [0.15, 0.2) is 46.1 Å². The fourth-order valence-electron chi connectivity index (χ4n) is 7.57. The van der Waals surface area contributed by atoms with Gasteiger partial charge in [0.2, 0.25) is 0 Å². The number of rotatable bonds is 29. The zero-order valence-electron chi connectivity index (χ0n) is 33.3. The Hall–Kier alpha value is -2.88. The zero-order valence-corrected chi connectivity index (χ0v) is 34.2. The lowest BCUT2D eigenvalue weighted by molar-refractivity contribution is -0.117. The van der Waals surface area contributed by atoms with Crippen LogP contribution in [0.1, 0.15) is 133 Å².